The molecule has 0 fully saturated rings. The molecule has 0 amide bonds. The number of rotatable bonds is 9. The predicted octanol–water partition coefficient (Wildman–Crippen LogP) is 0.484. The number of ether oxygens (including phenoxy) is 1. The summed E-state index contributed by atoms with van der Waals surface area (Å²) in [6.07, 6.45) is 3.08. The zero-order chi connectivity index (χ0) is 13.4. The minimum atomic E-state index is 0.514. The third kappa shape index (κ3) is 4.72. The Morgan fingerprint density at radius 3 is 2.94 bits per heavy atom. The molecule has 0 radical (unpaired) electrons. The lowest BCUT2D eigenvalue weighted by Crippen LogP contribution is -2.35. The van der Waals surface area contributed by atoms with Crippen molar-refractivity contribution in [1.29, 1.82) is 0 Å². The van der Waals surface area contributed by atoms with Crippen LogP contribution in [0.15, 0.2) is 6.20 Å². The smallest absolute Gasteiger partial charge is 0.0967 e. The van der Waals surface area contributed by atoms with E-state index in [2.05, 4.69) is 29.1 Å². The number of nitrogens with zero attached hydrogens (tertiary/aromatic N) is 4. The van der Waals surface area contributed by atoms with Crippen molar-refractivity contribution in [3.63, 3.8) is 0 Å². The highest BCUT2D eigenvalue weighted by atomic mass is 16.5. The number of nitrogens with two attached hydrogens (primary N) is 1. The lowest BCUT2D eigenvalue weighted by Gasteiger charge is -2.27. The molecule has 0 bridgehead atoms. The summed E-state index contributed by atoms with van der Waals surface area (Å²) in [7, 11) is 1.73. The summed E-state index contributed by atoms with van der Waals surface area (Å²) < 4.78 is 6.94. The summed E-state index contributed by atoms with van der Waals surface area (Å²) in [6, 6.07) is 0.514. The summed E-state index contributed by atoms with van der Waals surface area (Å²) in [5.74, 6) is 0. The SMILES string of the molecule is CCC(C)N(CCOC)Cc1cn(CCN)nn1. The van der Waals surface area contributed by atoms with Crippen LogP contribution in [0.2, 0.25) is 0 Å². The van der Waals surface area contributed by atoms with Gasteiger partial charge in [0.2, 0.25) is 0 Å². The first-order chi connectivity index (χ1) is 8.71. The van der Waals surface area contributed by atoms with Crippen molar-refractivity contribution in [2.75, 3.05) is 26.8 Å². The highest BCUT2D eigenvalue weighted by Gasteiger charge is 2.14. The van der Waals surface area contributed by atoms with E-state index in [9.17, 15) is 0 Å². The fourth-order valence-electron chi connectivity index (χ4n) is 1.78. The number of hydrogen-bond acceptors (Lipinski definition) is 5. The average molecular weight is 255 g/mol. The van der Waals surface area contributed by atoms with E-state index in [1.54, 1.807) is 11.8 Å². The van der Waals surface area contributed by atoms with Crippen molar-refractivity contribution in [3.05, 3.63) is 11.9 Å². The lowest BCUT2D eigenvalue weighted by atomic mass is 10.2. The van der Waals surface area contributed by atoms with Crippen LogP contribution in [0.1, 0.15) is 26.0 Å². The summed E-state index contributed by atoms with van der Waals surface area (Å²) >= 11 is 0. The van der Waals surface area contributed by atoms with Gasteiger partial charge in [-0.25, -0.2) is 0 Å². The number of aromatic nitrogens is 3. The molecule has 18 heavy (non-hydrogen) atoms. The monoisotopic (exact) mass is 255 g/mol. The van der Waals surface area contributed by atoms with Crippen LogP contribution in [0.5, 0.6) is 0 Å². The second-order valence-electron chi connectivity index (χ2n) is 4.48. The van der Waals surface area contributed by atoms with Crippen LogP contribution >= 0.6 is 0 Å². The van der Waals surface area contributed by atoms with Gasteiger partial charge in [0.05, 0.1) is 18.8 Å². The number of hydrogen-bond donors (Lipinski definition) is 1. The van der Waals surface area contributed by atoms with Gasteiger partial charge in [-0.05, 0) is 13.3 Å². The summed E-state index contributed by atoms with van der Waals surface area (Å²) in [5, 5.41) is 8.23. The first-order valence-corrected chi connectivity index (χ1v) is 6.53. The van der Waals surface area contributed by atoms with Crippen molar-refractivity contribution >= 4 is 0 Å². The molecule has 1 atom stereocenters. The average Bonchev–Trinajstić information content (AvgIpc) is 2.81. The van der Waals surface area contributed by atoms with E-state index in [0.717, 1.165) is 31.8 Å². The van der Waals surface area contributed by atoms with Gasteiger partial charge in [-0.3, -0.25) is 9.58 Å². The largest absolute Gasteiger partial charge is 0.383 e. The first-order valence-electron chi connectivity index (χ1n) is 6.53. The molecule has 1 rings (SSSR count). The topological polar surface area (TPSA) is 69.2 Å². The molecule has 0 aliphatic carbocycles. The van der Waals surface area contributed by atoms with Gasteiger partial charge in [-0.1, -0.05) is 12.1 Å². The molecule has 0 spiro atoms. The molecule has 6 heteroatoms. The quantitative estimate of drug-likeness (QED) is 0.695. The molecule has 104 valence electrons. The zero-order valence-corrected chi connectivity index (χ0v) is 11.7. The maximum atomic E-state index is 5.49. The highest BCUT2D eigenvalue weighted by molar-refractivity contribution is 4.93. The second kappa shape index (κ2) is 8.18. The van der Waals surface area contributed by atoms with Crippen LogP contribution in [0.3, 0.4) is 0 Å². The zero-order valence-electron chi connectivity index (χ0n) is 11.7. The van der Waals surface area contributed by atoms with Gasteiger partial charge in [0.1, 0.15) is 0 Å². The van der Waals surface area contributed by atoms with Crippen LogP contribution in [-0.4, -0.2) is 52.7 Å². The van der Waals surface area contributed by atoms with E-state index in [4.69, 9.17) is 10.5 Å². The van der Waals surface area contributed by atoms with Crippen molar-refractivity contribution in [2.24, 2.45) is 5.73 Å². The second-order valence-corrected chi connectivity index (χ2v) is 4.48. The predicted molar refractivity (Wildman–Crippen MR) is 71.1 cm³/mol. The molecule has 1 unspecified atom stereocenters. The van der Waals surface area contributed by atoms with E-state index < -0.39 is 0 Å². The van der Waals surface area contributed by atoms with Crippen molar-refractivity contribution in [3.8, 4) is 0 Å². The molecule has 0 saturated heterocycles. The van der Waals surface area contributed by atoms with Crippen LogP contribution < -0.4 is 5.73 Å². The van der Waals surface area contributed by atoms with E-state index in [-0.39, 0.29) is 0 Å². The molecule has 0 aromatic carbocycles. The molecule has 0 aliphatic heterocycles. The Hall–Kier alpha value is -0.980. The van der Waals surface area contributed by atoms with E-state index in [1.807, 2.05) is 6.20 Å². The van der Waals surface area contributed by atoms with Crippen LogP contribution in [0.25, 0.3) is 0 Å². The van der Waals surface area contributed by atoms with Gasteiger partial charge in [0, 0.05) is 39.0 Å². The lowest BCUT2D eigenvalue weighted by molar-refractivity contribution is 0.117. The molecule has 0 aliphatic rings. The summed E-state index contributed by atoms with van der Waals surface area (Å²) in [4.78, 5) is 2.36. The van der Waals surface area contributed by atoms with E-state index in [1.165, 1.54) is 0 Å². The third-order valence-corrected chi connectivity index (χ3v) is 3.11. The highest BCUT2D eigenvalue weighted by Crippen LogP contribution is 2.08. The Balaban J connectivity index is 2.57. The number of methoxy groups -OCH3 is 1. The maximum Gasteiger partial charge on any atom is 0.0967 e. The first kappa shape index (κ1) is 15.1. The van der Waals surface area contributed by atoms with Gasteiger partial charge < -0.3 is 10.5 Å². The Kier molecular flexibility index (Phi) is 6.85. The van der Waals surface area contributed by atoms with Gasteiger partial charge in [0.15, 0.2) is 0 Å². The molecule has 0 saturated carbocycles. The molecule has 2 N–H and O–H groups in total. The molecule has 6 nitrogen and oxygen atoms in total. The van der Waals surface area contributed by atoms with Crippen molar-refractivity contribution in [2.45, 2.75) is 39.4 Å². The normalized spacial score (nSPS) is 13.2. The fraction of sp³-hybridized carbons (Fsp3) is 0.833. The van der Waals surface area contributed by atoms with E-state index in [0.29, 0.717) is 19.1 Å². The molecule has 1 heterocycles. The van der Waals surface area contributed by atoms with Crippen LogP contribution in [-0.2, 0) is 17.8 Å². The van der Waals surface area contributed by atoms with E-state index >= 15 is 0 Å². The van der Waals surface area contributed by atoms with Crippen molar-refractivity contribution in [1.82, 2.24) is 19.9 Å². The molecular weight excluding hydrogens is 230 g/mol. The van der Waals surface area contributed by atoms with Gasteiger partial charge >= 0.3 is 0 Å². The Morgan fingerprint density at radius 2 is 2.33 bits per heavy atom. The minimum absolute atomic E-state index is 0.514. The molecule has 1 aromatic heterocycles. The Bertz CT molecular complexity index is 328. The standard InChI is InChI=1S/C12H25N5O/c1-4-11(2)16(7-8-18-3)9-12-10-17(6-5-13)15-14-12/h10-11H,4-9,13H2,1-3H3. The Labute approximate surface area is 109 Å². The van der Waals surface area contributed by atoms with Gasteiger partial charge in [-0.15, -0.1) is 5.10 Å². The van der Waals surface area contributed by atoms with Crippen LogP contribution in [0.4, 0.5) is 0 Å². The molecule has 1 aromatic rings. The van der Waals surface area contributed by atoms with Gasteiger partial charge in [-0.2, -0.15) is 0 Å². The summed E-state index contributed by atoms with van der Waals surface area (Å²) in [6.45, 7) is 8.17. The van der Waals surface area contributed by atoms with Crippen LogP contribution in [0, 0.1) is 0 Å². The molecular formula is C12H25N5O. The third-order valence-electron chi connectivity index (χ3n) is 3.11. The van der Waals surface area contributed by atoms with Crippen molar-refractivity contribution < 1.29 is 4.74 Å². The maximum absolute atomic E-state index is 5.49. The minimum Gasteiger partial charge on any atom is -0.383 e. The summed E-state index contributed by atoms with van der Waals surface area (Å²) in [5.41, 5.74) is 6.48. The fourth-order valence-corrected chi connectivity index (χ4v) is 1.78. The van der Waals surface area contributed by atoms with Gasteiger partial charge in [0.25, 0.3) is 0 Å². The Morgan fingerprint density at radius 1 is 1.56 bits per heavy atom.